The Balaban J connectivity index is 1.76. The molecule has 3 heteroatoms. The van der Waals surface area contributed by atoms with Crippen LogP contribution in [0.2, 0.25) is 0 Å². The number of nitrogens with two attached hydrogens (primary N) is 1. The van der Waals surface area contributed by atoms with Crippen molar-refractivity contribution >= 4 is 5.96 Å². The largest absolute Gasteiger partial charge is 0.370 e. The van der Waals surface area contributed by atoms with Gasteiger partial charge in [-0.3, -0.25) is 0 Å². The van der Waals surface area contributed by atoms with E-state index in [-0.39, 0.29) is 0 Å². The number of aliphatic imine (C=N–C) groups is 1. The molecular weight excluding hydrogens is 270 g/mol. The van der Waals surface area contributed by atoms with E-state index in [1.807, 2.05) is 0 Å². The van der Waals surface area contributed by atoms with Gasteiger partial charge in [0, 0.05) is 11.6 Å². The van der Waals surface area contributed by atoms with Crippen LogP contribution < -0.4 is 11.1 Å². The molecule has 3 aliphatic rings. The molecular formula is C19H29N3. The molecule has 0 aromatic rings. The summed E-state index contributed by atoms with van der Waals surface area (Å²) in [5.74, 6) is 2.69. The average molecular weight is 299 g/mol. The fraction of sp³-hybridized carbons (Fsp3) is 0.632. The van der Waals surface area contributed by atoms with E-state index >= 15 is 0 Å². The lowest BCUT2D eigenvalue weighted by atomic mass is 9.72. The molecule has 0 aromatic heterocycles. The van der Waals surface area contributed by atoms with Crippen molar-refractivity contribution in [1.29, 1.82) is 0 Å². The first-order valence-corrected chi connectivity index (χ1v) is 8.84. The summed E-state index contributed by atoms with van der Waals surface area (Å²) in [5.41, 5.74) is 8.99. The third-order valence-corrected chi connectivity index (χ3v) is 5.43. The Morgan fingerprint density at radius 1 is 1.23 bits per heavy atom. The van der Waals surface area contributed by atoms with Crippen LogP contribution >= 0.6 is 0 Å². The highest BCUT2D eigenvalue weighted by atomic mass is 15.2. The van der Waals surface area contributed by atoms with E-state index in [1.54, 1.807) is 5.57 Å². The van der Waals surface area contributed by atoms with E-state index in [4.69, 9.17) is 5.73 Å². The summed E-state index contributed by atoms with van der Waals surface area (Å²) in [5, 5.41) is 3.42. The molecule has 3 N–H and O–H groups in total. The molecule has 4 atom stereocenters. The predicted octanol–water partition coefficient (Wildman–Crippen LogP) is 3.90. The summed E-state index contributed by atoms with van der Waals surface area (Å²) in [7, 11) is 0. The molecule has 1 heterocycles. The minimum atomic E-state index is 0.431. The van der Waals surface area contributed by atoms with E-state index < -0.39 is 0 Å². The van der Waals surface area contributed by atoms with Crippen molar-refractivity contribution in [3.63, 3.8) is 0 Å². The van der Waals surface area contributed by atoms with Crippen LogP contribution in [0.3, 0.4) is 0 Å². The topological polar surface area (TPSA) is 50.4 Å². The Morgan fingerprint density at radius 2 is 2.05 bits per heavy atom. The number of guanidine groups is 1. The van der Waals surface area contributed by atoms with E-state index in [0.717, 1.165) is 25.2 Å². The molecule has 2 aliphatic carbocycles. The van der Waals surface area contributed by atoms with Crippen LogP contribution in [-0.4, -0.2) is 12.0 Å². The summed E-state index contributed by atoms with van der Waals surface area (Å²) >= 11 is 0. The molecule has 22 heavy (non-hydrogen) atoms. The SMILES string of the molecule is CCC=CCC=CCC1=C2NC(N)=NC3CCC(CC1C)C23. The minimum absolute atomic E-state index is 0.431. The maximum Gasteiger partial charge on any atom is 0.193 e. The van der Waals surface area contributed by atoms with Gasteiger partial charge in [0.15, 0.2) is 5.96 Å². The molecule has 0 amide bonds. The lowest BCUT2D eigenvalue weighted by Crippen LogP contribution is -2.45. The van der Waals surface area contributed by atoms with Gasteiger partial charge in [0.05, 0.1) is 6.04 Å². The molecule has 3 nitrogen and oxygen atoms in total. The molecule has 0 saturated heterocycles. The van der Waals surface area contributed by atoms with E-state index in [1.165, 1.54) is 25.0 Å². The van der Waals surface area contributed by atoms with Crippen LogP contribution in [-0.2, 0) is 0 Å². The fourth-order valence-corrected chi connectivity index (χ4v) is 4.44. The monoisotopic (exact) mass is 299 g/mol. The van der Waals surface area contributed by atoms with Gasteiger partial charge in [0.2, 0.25) is 0 Å². The van der Waals surface area contributed by atoms with Gasteiger partial charge < -0.3 is 11.1 Å². The van der Waals surface area contributed by atoms with Gasteiger partial charge in [-0.15, -0.1) is 0 Å². The van der Waals surface area contributed by atoms with Crippen LogP contribution in [0.25, 0.3) is 0 Å². The Bertz CT molecular complexity index is 527. The highest BCUT2D eigenvalue weighted by Crippen LogP contribution is 2.49. The normalized spacial score (nSPS) is 34.2. The van der Waals surface area contributed by atoms with Gasteiger partial charge in [0.1, 0.15) is 0 Å². The number of rotatable bonds is 5. The Kier molecular flexibility index (Phi) is 4.70. The maximum absolute atomic E-state index is 6.02. The number of nitrogens with zero attached hydrogens (tertiary/aromatic N) is 1. The van der Waals surface area contributed by atoms with Crippen LogP contribution in [0.4, 0.5) is 0 Å². The van der Waals surface area contributed by atoms with Crippen molar-refractivity contribution in [1.82, 2.24) is 5.32 Å². The minimum Gasteiger partial charge on any atom is -0.370 e. The number of nitrogens with one attached hydrogen (secondary N) is 1. The van der Waals surface area contributed by atoms with E-state index in [2.05, 4.69) is 48.5 Å². The molecule has 1 aliphatic heterocycles. The van der Waals surface area contributed by atoms with Gasteiger partial charge >= 0.3 is 0 Å². The zero-order valence-electron chi connectivity index (χ0n) is 13.9. The lowest BCUT2D eigenvalue weighted by molar-refractivity contribution is 0.302. The van der Waals surface area contributed by atoms with Gasteiger partial charge in [-0.2, -0.15) is 0 Å². The van der Waals surface area contributed by atoms with Crippen molar-refractivity contribution in [2.75, 3.05) is 0 Å². The summed E-state index contributed by atoms with van der Waals surface area (Å²) < 4.78 is 0. The standard InChI is InChI=1S/C19H29N3/c1-3-4-5-6-7-8-9-15-13(2)12-14-10-11-16-17(14)18(15)22-19(20)21-16/h4-5,7-8,13-14,16-17H,3,6,9-12H2,1-2H3,(H3,20,21,22). The molecule has 1 saturated carbocycles. The highest BCUT2D eigenvalue weighted by molar-refractivity contribution is 5.81. The third kappa shape index (κ3) is 2.99. The first-order chi connectivity index (χ1) is 10.7. The van der Waals surface area contributed by atoms with Gasteiger partial charge in [-0.25, -0.2) is 4.99 Å². The second-order valence-corrected chi connectivity index (χ2v) is 6.94. The molecule has 120 valence electrons. The molecule has 0 radical (unpaired) electrons. The highest BCUT2D eigenvalue weighted by Gasteiger charge is 2.45. The second-order valence-electron chi connectivity index (χ2n) is 6.94. The quantitative estimate of drug-likeness (QED) is 0.757. The van der Waals surface area contributed by atoms with Gasteiger partial charge in [-0.05, 0) is 55.9 Å². The lowest BCUT2D eigenvalue weighted by Gasteiger charge is -2.39. The second kappa shape index (κ2) is 6.72. The Labute approximate surface area is 134 Å². The van der Waals surface area contributed by atoms with Crippen LogP contribution in [0, 0.1) is 17.8 Å². The van der Waals surface area contributed by atoms with Crippen molar-refractivity contribution < 1.29 is 0 Å². The summed E-state index contributed by atoms with van der Waals surface area (Å²) in [4.78, 5) is 4.64. The van der Waals surface area contributed by atoms with Crippen molar-refractivity contribution in [2.45, 2.75) is 58.4 Å². The zero-order valence-corrected chi connectivity index (χ0v) is 13.9. The first-order valence-electron chi connectivity index (χ1n) is 8.84. The summed E-state index contributed by atoms with van der Waals surface area (Å²) in [6.07, 6.45) is 16.1. The number of hydrogen-bond donors (Lipinski definition) is 2. The van der Waals surface area contributed by atoms with E-state index in [9.17, 15) is 0 Å². The zero-order chi connectivity index (χ0) is 15.5. The Morgan fingerprint density at radius 3 is 2.86 bits per heavy atom. The average Bonchev–Trinajstić information content (AvgIpc) is 2.88. The van der Waals surface area contributed by atoms with Crippen molar-refractivity contribution in [3.05, 3.63) is 35.6 Å². The van der Waals surface area contributed by atoms with Crippen LogP contribution in [0.5, 0.6) is 0 Å². The van der Waals surface area contributed by atoms with Crippen molar-refractivity contribution in [3.8, 4) is 0 Å². The molecule has 4 unspecified atom stereocenters. The maximum atomic E-state index is 6.02. The number of hydrogen-bond acceptors (Lipinski definition) is 3. The molecule has 0 bridgehead atoms. The fourth-order valence-electron chi connectivity index (χ4n) is 4.44. The van der Waals surface area contributed by atoms with Gasteiger partial charge in [-0.1, -0.05) is 38.2 Å². The van der Waals surface area contributed by atoms with E-state index in [0.29, 0.717) is 23.8 Å². The smallest absolute Gasteiger partial charge is 0.193 e. The predicted molar refractivity (Wildman–Crippen MR) is 93.4 cm³/mol. The summed E-state index contributed by atoms with van der Waals surface area (Å²) in [6, 6.07) is 0.431. The van der Waals surface area contributed by atoms with Crippen LogP contribution in [0.1, 0.15) is 52.4 Å². The first kappa shape index (κ1) is 15.4. The molecule has 1 fully saturated rings. The molecule has 0 aromatic carbocycles. The molecule has 3 rings (SSSR count). The number of allylic oxidation sites excluding steroid dienone is 5. The third-order valence-electron chi connectivity index (χ3n) is 5.43. The Hall–Kier alpha value is -1.51. The van der Waals surface area contributed by atoms with Gasteiger partial charge in [0.25, 0.3) is 0 Å². The molecule has 0 spiro atoms. The van der Waals surface area contributed by atoms with Crippen LogP contribution in [0.15, 0.2) is 40.6 Å². The summed E-state index contributed by atoms with van der Waals surface area (Å²) in [6.45, 7) is 4.55. The van der Waals surface area contributed by atoms with Crippen molar-refractivity contribution in [2.24, 2.45) is 28.5 Å².